The monoisotopic (exact) mass is 237 g/mol. The van der Waals surface area contributed by atoms with Gasteiger partial charge in [0.15, 0.2) is 0 Å². The molecule has 0 spiro atoms. The zero-order valence-electron chi connectivity index (χ0n) is 9.04. The summed E-state index contributed by atoms with van der Waals surface area (Å²) >= 11 is 0. The van der Waals surface area contributed by atoms with Crippen LogP contribution in [0.2, 0.25) is 0 Å². The van der Waals surface area contributed by atoms with Crippen LogP contribution in [0.25, 0.3) is 0 Å². The van der Waals surface area contributed by atoms with Crippen molar-refractivity contribution in [1.29, 1.82) is 0 Å². The summed E-state index contributed by atoms with van der Waals surface area (Å²) in [6.45, 7) is 1.12. The zero-order valence-corrected chi connectivity index (χ0v) is 9.04. The van der Waals surface area contributed by atoms with E-state index in [1.165, 1.54) is 13.0 Å². The summed E-state index contributed by atoms with van der Waals surface area (Å²) in [4.78, 5) is 23.4. The first-order valence-electron chi connectivity index (χ1n) is 4.97. The van der Waals surface area contributed by atoms with Gasteiger partial charge in [-0.05, 0) is 13.0 Å². The normalized spacial score (nSPS) is 14.9. The highest BCUT2D eigenvalue weighted by molar-refractivity contribution is 6.12. The molecule has 0 atom stereocenters. The lowest BCUT2D eigenvalue weighted by Gasteiger charge is -2.15. The van der Waals surface area contributed by atoms with E-state index in [9.17, 15) is 18.4 Å². The highest BCUT2D eigenvalue weighted by Gasteiger charge is 2.24. The molecular formula is C12H9F2NO2. The molecule has 0 saturated carbocycles. The van der Waals surface area contributed by atoms with Crippen LogP contribution in [-0.4, -0.2) is 16.7 Å². The van der Waals surface area contributed by atoms with Gasteiger partial charge in [0.2, 0.25) is 0 Å². The number of hydrogen-bond donors (Lipinski definition) is 0. The number of carbonyl (C=O) groups is 2. The Hall–Kier alpha value is -2.04. The van der Waals surface area contributed by atoms with E-state index in [4.69, 9.17) is 0 Å². The predicted molar refractivity (Wildman–Crippen MR) is 55.8 cm³/mol. The zero-order chi connectivity index (χ0) is 12.6. The van der Waals surface area contributed by atoms with Gasteiger partial charge in [0, 0.05) is 23.3 Å². The Balaban J connectivity index is 2.29. The second-order valence-corrected chi connectivity index (χ2v) is 3.74. The minimum atomic E-state index is -0.725. The SMILES string of the molecule is Cc1c(F)ccc(CN2C(=O)C=CC2=O)c1F. The smallest absolute Gasteiger partial charge is 0.253 e. The molecule has 0 aliphatic carbocycles. The molecule has 0 radical (unpaired) electrons. The van der Waals surface area contributed by atoms with E-state index in [-0.39, 0.29) is 17.7 Å². The van der Waals surface area contributed by atoms with E-state index >= 15 is 0 Å². The molecule has 0 aromatic heterocycles. The molecule has 0 fully saturated rings. The van der Waals surface area contributed by atoms with Gasteiger partial charge in [0.1, 0.15) is 11.6 Å². The molecule has 2 amide bonds. The van der Waals surface area contributed by atoms with Crippen LogP contribution in [0, 0.1) is 18.6 Å². The van der Waals surface area contributed by atoms with E-state index in [1.54, 1.807) is 0 Å². The van der Waals surface area contributed by atoms with Crippen molar-refractivity contribution >= 4 is 11.8 Å². The third-order valence-electron chi connectivity index (χ3n) is 2.63. The standard InChI is InChI=1S/C12H9F2NO2/c1-7-9(13)3-2-8(12(7)14)6-15-10(16)4-5-11(15)17/h2-5H,6H2,1H3. The minimum Gasteiger partial charge on any atom is -0.271 e. The molecule has 0 bridgehead atoms. The van der Waals surface area contributed by atoms with Gasteiger partial charge in [-0.2, -0.15) is 0 Å². The fraction of sp³-hybridized carbons (Fsp3) is 0.167. The van der Waals surface area contributed by atoms with E-state index < -0.39 is 23.4 Å². The summed E-state index contributed by atoms with van der Waals surface area (Å²) in [5.74, 6) is -2.35. The summed E-state index contributed by atoms with van der Waals surface area (Å²) in [7, 11) is 0. The van der Waals surface area contributed by atoms with Crippen molar-refractivity contribution in [1.82, 2.24) is 4.90 Å². The number of imide groups is 1. The first-order valence-corrected chi connectivity index (χ1v) is 4.97. The van der Waals surface area contributed by atoms with Crippen LogP contribution in [0.3, 0.4) is 0 Å². The van der Waals surface area contributed by atoms with Gasteiger partial charge < -0.3 is 0 Å². The molecule has 88 valence electrons. The maximum atomic E-state index is 13.7. The molecule has 3 nitrogen and oxygen atoms in total. The van der Waals surface area contributed by atoms with Crippen molar-refractivity contribution in [2.24, 2.45) is 0 Å². The summed E-state index contributed by atoms with van der Waals surface area (Å²) in [6, 6.07) is 2.35. The molecule has 0 unspecified atom stereocenters. The molecule has 1 aromatic rings. The van der Waals surface area contributed by atoms with Crippen LogP contribution < -0.4 is 0 Å². The molecule has 1 aliphatic heterocycles. The Morgan fingerprint density at radius 1 is 1.12 bits per heavy atom. The van der Waals surface area contributed by atoms with Crippen molar-refractivity contribution < 1.29 is 18.4 Å². The first-order chi connectivity index (χ1) is 8.00. The second kappa shape index (κ2) is 4.08. The van der Waals surface area contributed by atoms with Gasteiger partial charge in [-0.3, -0.25) is 14.5 Å². The third-order valence-corrected chi connectivity index (χ3v) is 2.63. The molecular weight excluding hydrogens is 228 g/mol. The maximum Gasteiger partial charge on any atom is 0.253 e. The molecule has 1 heterocycles. The lowest BCUT2D eigenvalue weighted by Crippen LogP contribution is -2.29. The topological polar surface area (TPSA) is 37.4 Å². The lowest BCUT2D eigenvalue weighted by molar-refractivity contribution is -0.137. The van der Waals surface area contributed by atoms with Crippen molar-refractivity contribution in [3.05, 3.63) is 47.0 Å². The molecule has 1 aliphatic rings. The largest absolute Gasteiger partial charge is 0.271 e. The second-order valence-electron chi connectivity index (χ2n) is 3.74. The van der Waals surface area contributed by atoms with Gasteiger partial charge in [0.25, 0.3) is 11.8 Å². The Bertz CT molecular complexity index is 520. The average Bonchev–Trinajstić information content (AvgIpc) is 2.61. The van der Waals surface area contributed by atoms with Gasteiger partial charge >= 0.3 is 0 Å². The maximum absolute atomic E-state index is 13.7. The first kappa shape index (κ1) is 11.4. The van der Waals surface area contributed by atoms with Gasteiger partial charge in [0.05, 0.1) is 6.54 Å². The lowest BCUT2D eigenvalue weighted by atomic mass is 10.1. The number of benzene rings is 1. The van der Waals surface area contributed by atoms with Crippen molar-refractivity contribution in [3.63, 3.8) is 0 Å². The number of amides is 2. The van der Waals surface area contributed by atoms with E-state index in [0.29, 0.717) is 0 Å². The number of halogens is 2. The molecule has 5 heteroatoms. The van der Waals surface area contributed by atoms with Crippen LogP contribution >= 0.6 is 0 Å². The highest BCUT2D eigenvalue weighted by Crippen LogP contribution is 2.18. The third kappa shape index (κ3) is 1.95. The van der Waals surface area contributed by atoms with Crippen molar-refractivity contribution in [3.8, 4) is 0 Å². The highest BCUT2D eigenvalue weighted by atomic mass is 19.1. The quantitative estimate of drug-likeness (QED) is 0.734. The van der Waals surface area contributed by atoms with Gasteiger partial charge in [-0.25, -0.2) is 8.78 Å². The fourth-order valence-corrected chi connectivity index (χ4v) is 1.60. The van der Waals surface area contributed by atoms with Crippen LogP contribution in [0.1, 0.15) is 11.1 Å². The van der Waals surface area contributed by atoms with E-state index in [2.05, 4.69) is 0 Å². The van der Waals surface area contributed by atoms with Gasteiger partial charge in [-0.1, -0.05) is 6.07 Å². The fourth-order valence-electron chi connectivity index (χ4n) is 1.60. The minimum absolute atomic E-state index is 0.116. The Morgan fingerprint density at radius 3 is 2.29 bits per heavy atom. The Kier molecular flexibility index (Phi) is 2.75. The predicted octanol–water partition coefficient (Wildman–Crippen LogP) is 1.70. The van der Waals surface area contributed by atoms with E-state index in [1.807, 2.05) is 0 Å². The summed E-state index contributed by atoms with van der Waals surface area (Å²) < 4.78 is 26.7. The molecule has 1 aromatic carbocycles. The van der Waals surface area contributed by atoms with Crippen molar-refractivity contribution in [2.75, 3.05) is 0 Å². The Labute approximate surface area is 96.3 Å². The number of carbonyl (C=O) groups excluding carboxylic acids is 2. The van der Waals surface area contributed by atoms with Gasteiger partial charge in [-0.15, -0.1) is 0 Å². The van der Waals surface area contributed by atoms with Crippen molar-refractivity contribution in [2.45, 2.75) is 13.5 Å². The number of rotatable bonds is 2. The molecule has 0 N–H and O–H groups in total. The number of hydrogen-bond acceptors (Lipinski definition) is 2. The summed E-state index contributed by atoms with van der Waals surface area (Å²) in [6.07, 6.45) is 2.24. The van der Waals surface area contributed by atoms with Crippen LogP contribution in [0.15, 0.2) is 24.3 Å². The molecule has 17 heavy (non-hydrogen) atoms. The van der Waals surface area contributed by atoms with Crippen LogP contribution in [0.5, 0.6) is 0 Å². The summed E-state index contributed by atoms with van der Waals surface area (Å²) in [5.41, 5.74) is 0.00357. The number of nitrogens with zero attached hydrogens (tertiary/aromatic N) is 1. The molecule has 0 saturated heterocycles. The van der Waals surface area contributed by atoms with Crippen LogP contribution in [-0.2, 0) is 16.1 Å². The summed E-state index contributed by atoms with van der Waals surface area (Å²) in [5, 5.41) is 0. The van der Waals surface area contributed by atoms with E-state index in [0.717, 1.165) is 23.1 Å². The average molecular weight is 237 g/mol. The molecule has 2 rings (SSSR count). The van der Waals surface area contributed by atoms with Crippen LogP contribution in [0.4, 0.5) is 8.78 Å². The Morgan fingerprint density at radius 2 is 1.71 bits per heavy atom.